The first-order valence-corrected chi connectivity index (χ1v) is 15.2. The van der Waals surface area contributed by atoms with Crippen molar-refractivity contribution in [2.24, 2.45) is 56.2 Å². The standard InChI is InChI=1S/C33H47N3O4/c1-19(37)35-36-27(40)33-13-11-28(2,3)17-21(33)25-22(38)15-24-30(6)16-20(18-34)26(39)29(4,5)23(30)9-10-31(24,7)32(25,8)12-14-33/h16,21,23-25H,9-15,17H2,1-8H3,(H,35,37)(H,36,40)/t21-,23+,24-,25+,30+,31-,32-,33+/m1/s1. The molecule has 0 bridgehead atoms. The number of hydrogen-bond acceptors (Lipinski definition) is 5. The van der Waals surface area contributed by atoms with Gasteiger partial charge in [0.2, 0.25) is 11.8 Å². The maximum Gasteiger partial charge on any atom is 0.244 e. The van der Waals surface area contributed by atoms with Crippen molar-refractivity contribution < 1.29 is 19.2 Å². The lowest BCUT2D eigenvalue weighted by Crippen LogP contribution is -2.70. The van der Waals surface area contributed by atoms with Gasteiger partial charge in [-0.2, -0.15) is 5.26 Å². The summed E-state index contributed by atoms with van der Waals surface area (Å²) in [5, 5.41) is 9.92. The van der Waals surface area contributed by atoms with Crippen LogP contribution in [0, 0.1) is 67.5 Å². The third-order valence-electron chi connectivity index (χ3n) is 13.3. The molecule has 0 unspecified atom stereocenters. The zero-order valence-corrected chi connectivity index (χ0v) is 25.6. The normalized spacial score (nSPS) is 44.9. The predicted octanol–water partition coefficient (Wildman–Crippen LogP) is 5.45. The molecule has 5 aliphatic rings. The Morgan fingerprint density at radius 3 is 2.17 bits per heavy atom. The van der Waals surface area contributed by atoms with E-state index in [1.54, 1.807) is 0 Å². The van der Waals surface area contributed by atoms with E-state index < -0.39 is 16.2 Å². The fourth-order valence-electron chi connectivity index (χ4n) is 11.0. The molecule has 4 saturated carbocycles. The van der Waals surface area contributed by atoms with Crippen molar-refractivity contribution in [2.75, 3.05) is 0 Å². The van der Waals surface area contributed by atoms with Gasteiger partial charge in [-0.3, -0.25) is 30.0 Å². The Kier molecular flexibility index (Phi) is 6.35. The molecular weight excluding hydrogens is 502 g/mol. The number of allylic oxidation sites excluding steroid dienone is 2. The molecule has 0 spiro atoms. The number of carbonyl (C=O) groups is 4. The summed E-state index contributed by atoms with van der Waals surface area (Å²) < 4.78 is 0. The van der Waals surface area contributed by atoms with Crippen LogP contribution in [0.4, 0.5) is 0 Å². The molecule has 5 aliphatic carbocycles. The van der Waals surface area contributed by atoms with E-state index >= 15 is 0 Å². The second kappa shape index (κ2) is 8.76. The summed E-state index contributed by atoms with van der Waals surface area (Å²) in [7, 11) is 0. The summed E-state index contributed by atoms with van der Waals surface area (Å²) in [6.45, 7) is 16.7. The molecule has 2 amide bonds. The summed E-state index contributed by atoms with van der Waals surface area (Å²) in [5.41, 5.74) is 3.17. The zero-order valence-electron chi connectivity index (χ0n) is 25.6. The van der Waals surface area contributed by atoms with Crippen LogP contribution >= 0.6 is 0 Å². The maximum absolute atomic E-state index is 14.6. The molecule has 218 valence electrons. The SMILES string of the molecule is CC(=O)NNC(=O)[C@]12CCC(C)(C)C[C@@H]1[C@H]1C(=O)C[C@@H]3[C@@]4(C)C=C(C#N)C(=O)C(C)(C)[C@@H]4CC[C@@]3(C)[C@]1(C)CC2. The predicted molar refractivity (Wildman–Crippen MR) is 151 cm³/mol. The van der Waals surface area contributed by atoms with Crippen LogP contribution in [0.2, 0.25) is 0 Å². The molecule has 4 fully saturated rings. The van der Waals surface area contributed by atoms with Crippen molar-refractivity contribution in [3.63, 3.8) is 0 Å². The lowest BCUT2D eigenvalue weighted by Gasteiger charge is -2.71. The monoisotopic (exact) mass is 549 g/mol. The third kappa shape index (κ3) is 3.66. The zero-order chi connectivity index (χ0) is 29.7. The highest BCUT2D eigenvalue weighted by molar-refractivity contribution is 6.04. The summed E-state index contributed by atoms with van der Waals surface area (Å²) in [4.78, 5) is 53.3. The first-order valence-electron chi connectivity index (χ1n) is 15.2. The van der Waals surface area contributed by atoms with Gasteiger partial charge in [-0.05, 0) is 84.4 Å². The van der Waals surface area contributed by atoms with Gasteiger partial charge in [-0.15, -0.1) is 0 Å². The molecule has 40 heavy (non-hydrogen) atoms. The highest BCUT2D eigenvalue weighted by Crippen LogP contribution is 2.75. The number of Topliss-reactive ketones (excluding diaryl/α,β-unsaturated/α-hetero) is 2. The van der Waals surface area contributed by atoms with Gasteiger partial charge in [0.1, 0.15) is 11.9 Å². The van der Waals surface area contributed by atoms with Crippen LogP contribution in [-0.2, 0) is 19.2 Å². The molecule has 7 nitrogen and oxygen atoms in total. The topological polar surface area (TPSA) is 116 Å². The number of hydrazine groups is 1. The first kappa shape index (κ1) is 29.0. The molecule has 0 aliphatic heterocycles. The summed E-state index contributed by atoms with van der Waals surface area (Å²) in [6, 6.07) is 2.19. The quantitative estimate of drug-likeness (QED) is 0.422. The maximum atomic E-state index is 14.6. The molecule has 8 atom stereocenters. The molecule has 0 saturated heterocycles. The van der Waals surface area contributed by atoms with Crippen molar-refractivity contribution in [2.45, 2.75) is 107 Å². The van der Waals surface area contributed by atoms with Crippen LogP contribution in [0.25, 0.3) is 0 Å². The van der Waals surface area contributed by atoms with E-state index in [-0.39, 0.29) is 68.9 Å². The van der Waals surface area contributed by atoms with E-state index in [2.05, 4.69) is 51.5 Å². The number of carbonyl (C=O) groups excluding carboxylic acids is 4. The molecular formula is C33H47N3O4. The van der Waals surface area contributed by atoms with Crippen molar-refractivity contribution in [3.8, 4) is 6.07 Å². The Labute approximate surface area is 239 Å². The second-order valence-electron chi connectivity index (χ2n) is 16.0. The Balaban J connectivity index is 1.61. The highest BCUT2D eigenvalue weighted by Gasteiger charge is 2.73. The van der Waals surface area contributed by atoms with Gasteiger partial charge in [0.15, 0.2) is 5.78 Å². The van der Waals surface area contributed by atoms with Gasteiger partial charge < -0.3 is 0 Å². The van der Waals surface area contributed by atoms with Crippen LogP contribution < -0.4 is 10.9 Å². The van der Waals surface area contributed by atoms with Crippen molar-refractivity contribution in [1.29, 1.82) is 5.26 Å². The van der Waals surface area contributed by atoms with Gasteiger partial charge in [0.25, 0.3) is 0 Å². The molecule has 7 heteroatoms. The van der Waals surface area contributed by atoms with Crippen LogP contribution in [0.3, 0.4) is 0 Å². The van der Waals surface area contributed by atoms with E-state index in [1.165, 1.54) is 6.92 Å². The number of fused-ring (bicyclic) bond motifs is 7. The van der Waals surface area contributed by atoms with Crippen LogP contribution in [0.1, 0.15) is 107 Å². The fraction of sp³-hybridized carbons (Fsp3) is 0.788. The summed E-state index contributed by atoms with van der Waals surface area (Å²) >= 11 is 0. The van der Waals surface area contributed by atoms with Gasteiger partial charge in [0, 0.05) is 24.7 Å². The number of amides is 2. The average Bonchev–Trinajstić information content (AvgIpc) is 2.86. The van der Waals surface area contributed by atoms with E-state index in [9.17, 15) is 24.4 Å². The number of rotatable bonds is 1. The number of hydrogen-bond donors (Lipinski definition) is 2. The molecule has 0 aromatic carbocycles. The molecule has 0 heterocycles. The minimum absolute atomic E-state index is 0.0144. The average molecular weight is 550 g/mol. The number of nitrogens with one attached hydrogen (secondary N) is 2. The summed E-state index contributed by atoms with van der Waals surface area (Å²) in [6.07, 6.45) is 7.99. The third-order valence-corrected chi connectivity index (χ3v) is 13.3. The van der Waals surface area contributed by atoms with Crippen LogP contribution in [0.15, 0.2) is 11.6 Å². The molecule has 0 aromatic rings. The second-order valence-corrected chi connectivity index (χ2v) is 16.0. The minimum atomic E-state index is -0.685. The number of nitrogens with zero attached hydrogens (tertiary/aromatic N) is 1. The molecule has 5 rings (SSSR count). The lowest BCUT2D eigenvalue weighted by molar-refractivity contribution is -0.222. The Morgan fingerprint density at radius 1 is 0.900 bits per heavy atom. The van der Waals surface area contributed by atoms with Crippen LogP contribution in [0.5, 0.6) is 0 Å². The Bertz CT molecular complexity index is 1260. The number of ketones is 2. The van der Waals surface area contributed by atoms with Gasteiger partial charge in [0.05, 0.1) is 11.0 Å². The molecule has 0 aromatic heterocycles. The Hall–Kier alpha value is -2.49. The Morgan fingerprint density at radius 2 is 1.55 bits per heavy atom. The minimum Gasteiger partial charge on any atom is -0.299 e. The van der Waals surface area contributed by atoms with Gasteiger partial charge >= 0.3 is 0 Å². The van der Waals surface area contributed by atoms with E-state index in [0.29, 0.717) is 19.3 Å². The van der Waals surface area contributed by atoms with E-state index in [4.69, 9.17) is 0 Å². The van der Waals surface area contributed by atoms with E-state index in [1.807, 2.05) is 19.9 Å². The first-order chi connectivity index (χ1) is 18.4. The fourth-order valence-corrected chi connectivity index (χ4v) is 11.0. The van der Waals surface area contributed by atoms with Gasteiger partial charge in [-0.25, -0.2) is 0 Å². The van der Waals surface area contributed by atoms with E-state index in [0.717, 1.165) is 32.1 Å². The largest absolute Gasteiger partial charge is 0.299 e. The smallest absolute Gasteiger partial charge is 0.244 e. The summed E-state index contributed by atoms with van der Waals surface area (Å²) in [5.74, 6) is -0.592. The van der Waals surface area contributed by atoms with Gasteiger partial charge in [-0.1, -0.05) is 54.5 Å². The molecule has 2 N–H and O–H groups in total. The molecule has 0 radical (unpaired) electrons. The lowest BCUT2D eigenvalue weighted by atomic mass is 9.31. The van der Waals surface area contributed by atoms with Crippen molar-refractivity contribution in [1.82, 2.24) is 10.9 Å². The number of nitriles is 1. The highest BCUT2D eigenvalue weighted by atomic mass is 16.2. The van der Waals surface area contributed by atoms with Crippen molar-refractivity contribution >= 4 is 23.4 Å². The van der Waals surface area contributed by atoms with Crippen LogP contribution in [-0.4, -0.2) is 23.4 Å². The van der Waals surface area contributed by atoms with Crippen molar-refractivity contribution in [3.05, 3.63) is 11.6 Å².